The molecule has 1 heterocycles. The molecule has 0 amide bonds. The van der Waals surface area contributed by atoms with Crippen molar-refractivity contribution in [2.45, 2.75) is 48.6 Å². The Morgan fingerprint density at radius 2 is 2.28 bits per heavy atom. The van der Waals surface area contributed by atoms with Crippen molar-refractivity contribution in [3.8, 4) is 0 Å². The second kappa shape index (κ2) is 6.88. The number of hydrogen-bond acceptors (Lipinski definition) is 3. The van der Waals surface area contributed by atoms with Crippen molar-refractivity contribution >= 4 is 23.5 Å². The van der Waals surface area contributed by atoms with E-state index < -0.39 is 0 Å². The van der Waals surface area contributed by atoms with Crippen LogP contribution in [0, 0.1) is 0 Å². The molecule has 0 aromatic heterocycles. The van der Waals surface area contributed by atoms with Crippen molar-refractivity contribution in [2.75, 3.05) is 12.8 Å². The fourth-order valence-corrected chi connectivity index (χ4v) is 3.93. The lowest BCUT2D eigenvalue weighted by atomic mass is 9.97. The SMILES string of the molecule is CCCNC1CC(C)SCc2ccc(SC)cc21. The van der Waals surface area contributed by atoms with E-state index in [0.717, 1.165) is 17.5 Å². The Hall–Kier alpha value is -0.120. The van der Waals surface area contributed by atoms with E-state index in [-0.39, 0.29) is 0 Å². The maximum Gasteiger partial charge on any atom is 0.0334 e. The van der Waals surface area contributed by atoms with Gasteiger partial charge in [0, 0.05) is 21.9 Å². The Bertz CT molecular complexity index is 392. The molecule has 1 aromatic carbocycles. The van der Waals surface area contributed by atoms with Gasteiger partial charge in [0.05, 0.1) is 0 Å². The highest BCUT2D eigenvalue weighted by molar-refractivity contribution is 7.99. The van der Waals surface area contributed by atoms with Crippen molar-refractivity contribution < 1.29 is 0 Å². The summed E-state index contributed by atoms with van der Waals surface area (Å²) in [5, 5.41) is 4.47. The van der Waals surface area contributed by atoms with E-state index in [1.54, 1.807) is 0 Å². The van der Waals surface area contributed by atoms with Crippen molar-refractivity contribution in [1.29, 1.82) is 0 Å². The van der Waals surface area contributed by atoms with Crippen LogP contribution in [0.5, 0.6) is 0 Å². The third kappa shape index (κ3) is 3.46. The Morgan fingerprint density at radius 1 is 1.44 bits per heavy atom. The Kier molecular flexibility index (Phi) is 5.46. The fourth-order valence-electron chi connectivity index (χ4n) is 2.43. The first-order chi connectivity index (χ1) is 8.74. The molecule has 0 saturated heterocycles. The van der Waals surface area contributed by atoms with Crippen LogP contribution in [0.25, 0.3) is 0 Å². The average Bonchev–Trinajstić information content (AvgIpc) is 2.55. The number of rotatable bonds is 4. The van der Waals surface area contributed by atoms with Crippen molar-refractivity contribution in [3.63, 3.8) is 0 Å². The maximum atomic E-state index is 3.73. The van der Waals surface area contributed by atoms with Gasteiger partial charge in [0.15, 0.2) is 0 Å². The van der Waals surface area contributed by atoms with Crippen molar-refractivity contribution in [3.05, 3.63) is 29.3 Å². The van der Waals surface area contributed by atoms with Gasteiger partial charge in [-0.05, 0) is 48.9 Å². The first kappa shape index (κ1) is 14.3. The molecule has 1 N–H and O–H groups in total. The van der Waals surface area contributed by atoms with Gasteiger partial charge in [-0.15, -0.1) is 11.8 Å². The van der Waals surface area contributed by atoms with Gasteiger partial charge in [0.2, 0.25) is 0 Å². The van der Waals surface area contributed by atoms with Crippen LogP contribution in [-0.2, 0) is 5.75 Å². The summed E-state index contributed by atoms with van der Waals surface area (Å²) in [5.41, 5.74) is 3.06. The van der Waals surface area contributed by atoms with Gasteiger partial charge in [-0.25, -0.2) is 0 Å². The molecule has 0 bridgehead atoms. The maximum absolute atomic E-state index is 3.73. The molecule has 3 heteroatoms. The molecule has 18 heavy (non-hydrogen) atoms. The van der Waals surface area contributed by atoms with E-state index in [4.69, 9.17) is 0 Å². The second-order valence-electron chi connectivity index (χ2n) is 4.93. The smallest absolute Gasteiger partial charge is 0.0334 e. The fraction of sp³-hybridized carbons (Fsp3) is 0.600. The van der Waals surface area contributed by atoms with Crippen LogP contribution < -0.4 is 5.32 Å². The van der Waals surface area contributed by atoms with Gasteiger partial charge in [0.1, 0.15) is 0 Å². The summed E-state index contributed by atoms with van der Waals surface area (Å²) in [7, 11) is 0. The lowest BCUT2D eigenvalue weighted by molar-refractivity contribution is 0.499. The summed E-state index contributed by atoms with van der Waals surface area (Å²) in [6.07, 6.45) is 4.61. The zero-order valence-corrected chi connectivity index (χ0v) is 13.2. The van der Waals surface area contributed by atoms with Crippen LogP contribution >= 0.6 is 23.5 Å². The third-order valence-electron chi connectivity index (χ3n) is 3.46. The molecular formula is C15H23NS2. The van der Waals surface area contributed by atoms with Crippen LogP contribution in [0.3, 0.4) is 0 Å². The molecule has 0 aliphatic carbocycles. The van der Waals surface area contributed by atoms with Crippen LogP contribution in [0.4, 0.5) is 0 Å². The van der Waals surface area contributed by atoms with Crippen molar-refractivity contribution in [1.82, 2.24) is 5.32 Å². The normalized spacial score (nSPS) is 23.5. The van der Waals surface area contributed by atoms with Gasteiger partial charge in [-0.1, -0.05) is 19.9 Å². The number of fused-ring (bicyclic) bond motifs is 1. The summed E-state index contributed by atoms with van der Waals surface area (Å²) in [6, 6.07) is 7.52. The van der Waals surface area contributed by atoms with Crippen LogP contribution in [-0.4, -0.2) is 18.1 Å². The van der Waals surface area contributed by atoms with E-state index in [1.165, 1.54) is 28.9 Å². The summed E-state index contributed by atoms with van der Waals surface area (Å²) in [4.78, 5) is 1.39. The highest BCUT2D eigenvalue weighted by Gasteiger charge is 2.22. The van der Waals surface area contributed by atoms with Gasteiger partial charge in [0.25, 0.3) is 0 Å². The highest BCUT2D eigenvalue weighted by Crippen LogP contribution is 2.36. The molecular weight excluding hydrogens is 258 g/mol. The number of nitrogens with one attached hydrogen (secondary N) is 1. The quantitative estimate of drug-likeness (QED) is 0.818. The zero-order valence-electron chi connectivity index (χ0n) is 11.5. The van der Waals surface area contributed by atoms with Gasteiger partial charge >= 0.3 is 0 Å². The van der Waals surface area contributed by atoms with Gasteiger partial charge in [-0.3, -0.25) is 0 Å². The first-order valence-corrected chi connectivity index (χ1v) is 9.03. The molecule has 0 spiro atoms. The summed E-state index contributed by atoms with van der Waals surface area (Å²) >= 11 is 3.93. The number of hydrogen-bond donors (Lipinski definition) is 1. The first-order valence-electron chi connectivity index (χ1n) is 6.76. The van der Waals surface area contributed by atoms with Crippen LogP contribution in [0.1, 0.15) is 43.9 Å². The van der Waals surface area contributed by atoms with Crippen molar-refractivity contribution in [2.24, 2.45) is 0 Å². The molecule has 1 aliphatic rings. The lowest BCUT2D eigenvalue weighted by Gasteiger charge is -2.21. The standard InChI is InChI=1S/C15H23NS2/c1-4-7-16-15-8-11(2)18-10-12-5-6-13(17-3)9-14(12)15/h5-6,9,11,15-16H,4,7-8,10H2,1-3H3. The third-order valence-corrected chi connectivity index (χ3v) is 5.42. The van der Waals surface area contributed by atoms with E-state index in [0.29, 0.717) is 6.04 Å². The van der Waals surface area contributed by atoms with E-state index in [2.05, 4.69) is 55.4 Å². The molecule has 2 rings (SSSR count). The molecule has 2 atom stereocenters. The van der Waals surface area contributed by atoms with Crippen LogP contribution in [0.2, 0.25) is 0 Å². The molecule has 0 radical (unpaired) electrons. The lowest BCUT2D eigenvalue weighted by Crippen LogP contribution is -2.24. The van der Waals surface area contributed by atoms with Gasteiger partial charge < -0.3 is 5.32 Å². The summed E-state index contributed by atoms with van der Waals surface area (Å²) in [6.45, 7) is 5.71. The molecule has 100 valence electrons. The molecule has 1 aromatic rings. The summed E-state index contributed by atoms with van der Waals surface area (Å²) in [5.74, 6) is 1.16. The minimum absolute atomic E-state index is 0.539. The Morgan fingerprint density at radius 3 is 3.00 bits per heavy atom. The largest absolute Gasteiger partial charge is 0.310 e. The zero-order chi connectivity index (χ0) is 13.0. The minimum atomic E-state index is 0.539. The Labute approximate surface area is 120 Å². The average molecular weight is 281 g/mol. The topological polar surface area (TPSA) is 12.0 Å². The molecule has 0 saturated carbocycles. The van der Waals surface area contributed by atoms with E-state index in [9.17, 15) is 0 Å². The molecule has 2 unspecified atom stereocenters. The monoisotopic (exact) mass is 281 g/mol. The number of thioether (sulfide) groups is 2. The number of benzene rings is 1. The Balaban J connectivity index is 2.28. The predicted molar refractivity (Wildman–Crippen MR) is 84.6 cm³/mol. The molecule has 1 nitrogen and oxygen atoms in total. The molecule has 0 fully saturated rings. The second-order valence-corrected chi connectivity index (χ2v) is 7.24. The summed E-state index contributed by atoms with van der Waals surface area (Å²) < 4.78 is 0. The van der Waals surface area contributed by atoms with E-state index in [1.807, 2.05) is 11.8 Å². The molecule has 1 aliphatic heterocycles. The van der Waals surface area contributed by atoms with E-state index >= 15 is 0 Å². The minimum Gasteiger partial charge on any atom is -0.310 e. The predicted octanol–water partition coefficient (Wildman–Crippen LogP) is 4.47. The highest BCUT2D eigenvalue weighted by atomic mass is 32.2. The van der Waals surface area contributed by atoms with Gasteiger partial charge in [-0.2, -0.15) is 11.8 Å². The van der Waals surface area contributed by atoms with Crippen LogP contribution in [0.15, 0.2) is 23.1 Å².